The number of imide groups is 1. The molecular formula is C12H16Cl2N3O2+. The Labute approximate surface area is 121 Å². The summed E-state index contributed by atoms with van der Waals surface area (Å²) >= 11 is 11.9. The summed E-state index contributed by atoms with van der Waals surface area (Å²) in [5.74, 6) is -0.421. The number of carbonyl (C=O) groups is 2. The van der Waals surface area contributed by atoms with Crippen LogP contribution >= 0.6 is 23.2 Å². The highest BCUT2D eigenvalue weighted by molar-refractivity contribution is 6.35. The minimum atomic E-state index is -0.853. The molecule has 19 heavy (non-hydrogen) atoms. The fraction of sp³-hybridized carbons (Fsp3) is 0.333. The van der Waals surface area contributed by atoms with Gasteiger partial charge in [-0.2, -0.15) is 0 Å². The largest absolute Gasteiger partial charge is 0.351 e. The van der Waals surface area contributed by atoms with Gasteiger partial charge in [0.1, 0.15) is 6.54 Å². The fourth-order valence-electron chi connectivity index (χ4n) is 1.57. The number of halogens is 2. The molecule has 1 rings (SSSR count). The molecule has 0 fully saturated rings. The average molecular weight is 305 g/mol. The first-order chi connectivity index (χ1) is 8.81. The van der Waals surface area contributed by atoms with Gasteiger partial charge in [0.05, 0.1) is 12.1 Å². The van der Waals surface area contributed by atoms with Crippen LogP contribution in [0.1, 0.15) is 12.5 Å². The molecule has 0 saturated carbocycles. The van der Waals surface area contributed by atoms with Crippen LogP contribution in [0.4, 0.5) is 4.79 Å². The van der Waals surface area contributed by atoms with E-state index in [1.807, 2.05) is 13.1 Å². The minimum Gasteiger partial charge on any atom is -0.351 e. The van der Waals surface area contributed by atoms with Gasteiger partial charge in [-0.1, -0.05) is 29.3 Å². The number of carbonyl (C=O) groups excluding carboxylic acids is 2. The van der Waals surface area contributed by atoms with Gasteiger partial charge in [-0.25, -0.2) is 4.79 Å². The number of rotatable bonds is 4. The molecule has 0 heterocycles. The molecule has 5 nitrogen and oxygen atoms in total. The topological polar surface area (TPSA) is 76.6 Å². The van der Waals surface area contributed by atoms with Crippen molar-refractivity contribution in [2.24, 2.45) is 5.73 Å². The van der Waals surface area contributed by atoms with Crippen LogP contribution in [0.15, 0.2) is 18.2 Å². The number of nitrogens with one attached hydrogen (secondary N) is 2. The zero-order chi connectivity index (χ0) is 14.6. The summed E-state index contributed by atoms with van der Waals surface area (Å²) in [5.41, 5.74) is 5.79. The number of amides is 3. The fourth-order valence-corrected chi connectivity index (χ4v) is 2.05. The van der Waals surface area contributed by atoms with Crippen molar-refractivity contribution in [2.45, 2.75) is 19.5 Å². The molecule has 1 aromatic carbocycles. The van der Waals surface area contributed by atoms with E-state index in [1.54, 1.807) is 19.1 Å². The summed E-state index contributed by atoms with van der Waals surface area (Å²) in [5, 5.41) is 3.17. The first-order valence-electron chi connectivity index (χ1n) is 5.67. The third-order valence-electron chi connectivity index (χ3n) is 2.86. The Bertz CT molecular complexity index is 494. The number of benzene rings is 1. The summed E-state index contributed by atoms with van der Waals surface area (Å²) in [6, 6.07) is 3.92. The molecule has 3 amide bonds. The molecule has 0 bridgehead atoms. The lowest BCUT2D eigenvalue weighted by Crippen LogP contribution is -3.12. The lowest BCUT2D eigenvalue weighted by molar-refractivity contribution is -0.908. The maximum Gasteiger partial charge on any atom is 0.319 e. The monoisotopic (exact) mass is 304 g/mol. The molecule has 1 unspecified atom stereocenters. The summed E-state index contributed by atoms with van der Waals surface area (Å²) in [4.78, 5) is 23.1. The van der Waals surface area contributed by atoms with E-state index < -0.39 is 18.0 Å². The quantitative estimate of drug-likeness (QED) is 0.761. The van der Waals surface area contributed by atoms with E-state index in [-0.39, 0.29) is 0 Å². The van der Waals surface area contributed by atoms with E-state index in [0.29, 0.717) is 16.6 Å². The van der Waals surface area contributed by atoms with Gasteiger partial charge in [0.2, 0.25) is 0 Å². The van der Waals surface area contributed by atoms with Crippen molar-refractivity contribution in [3.05, 3.63) is 33.8 Å². The van der Waals surface area contributed by atoms with Crippen LogP contribution in [-0.2, 0) is 11.3 Å². The third-order valence-corrected chi connectivity index (χ3v) is 3.45. The Morgan fingerprint density at radius 1 is 1.42 bits per heavy atom. The predicted molar refractivity (Wildman–Crippen MR) is 74.2 cm³/mol. The highest BCUT2D eigenvalue weighted by Gasteiger charge is 2.23. The predicted octanol–water partition coefficient (Wildman–Crippen LogP) is 0.592. The Morgan fingerprint density at radius 3 is 2.58 bits per heavy atom. The highest BCUT2D eigenvalue weighted by atomic mass is 35.5. The van der Waals surface area contributed by atoms with Gasteiger partial charge in [-0.3, -0.25) is 10.1 Å². The molecule has 0 aliphatic rings. The van der Waals surface area contributed by atoms with Gasteiger partial charge in [0, 0.05) is 10.6 Å². The van der Waals surface area contributed by atoms with Crippen molar-refractivity contribution in [1.82, 2.24) is 5.32 Å². The highest BCUT2D eigenvalue weighted by Crippen LogP contribution is 2.20. The summed E-state index contributed by atoms with van der Waals surface area (Å²) < 4.78 is 0. The molecule has 4 N–H and O–H groups in total. The standard InChI is InChI=1S/C12H15Cl2N3O2/c1-7(11(18)16-12(15)19)17(2)6-8-3-4-9(13)5-10(8)14/h3-5,7H,6H2,1-2H3,(H3,15,16,18,19)/p+1/t7-/m1/s1. The van der Waals surface area contributed by atoms with Crippen molar-refractivity contribution in [2.75, 3.05) is 7.05 Å². The SMILES string of the molecule is C[C@H](C(=O)NC(N)=O)[NH+](C)Cc1ccc(Cl)cc1Cl. The van der Waals surface area contributed by atoms with Crippen molar-refractivity contribution >= 4 is 35.1 Å². The first-order valence-corrected chi connectivity index (χ1v) is 6.43. The van der Waals surface area contributed by atoms with Crippen LogP contribution in [0.5, 0.6) is 0 Å². The van der Waals surface area contributed by atoms with E-state index in [4.69, 9.17) is 28.9 Å². The van der Waals surface area contributed by atoms with E-state index in [2.05, 4.69) is 5.32 Å². The van der Waals surface area contributed by atoms with E-state index in [0.717, 1.165) is 10.5 Å². The molecule has 0 aliphatic heterocycles. The minimum absolute atomic E-state index is 0.421. The number of likely N-dealkylation sites (N-methyl/N-ethyl adjacent to an activating group) is 1. The maximum absolute atomic E-state index is 11.6. The molecular weight excluding hydrogens is 289 g/mol. The van der Waals surface area contributed by atoms with Crippen LogP contribution < -0.4 is 16.0 Å². The summed E-state index contributed by atoms with van der Waals surface area (Å²) in [7, 11) is 1.83. The number of urea groups is 1. The summed E-state index contributed by atoms with van der Waals surface area (Å²) in [6.07, 6.45) is 0. The molecule has 0 spiro atoms. The lowest BCUT2D eigenvalue weighted by Gasteiger charge is -2.20. The second-order valence-electron chi connectivity index (χ2n) is 4.33. The van der Waals surface area contributed by atoms with Crippen molar-refractivity contribution in [3.63, 3.8) is 0 Å². The van der Waals surface area contributed by atoms with Gasteiger partial charge in [0.25, 0.3) is 5.91 Å². The number of nitrogens with two attached hydrogens (primary N) is 1. The third kappa shape index (κ3) is 4.70. The van der Waals surface area contributed by atoms with Crippen LogP contribution in [0, 0.1) is 0 Å². The Kier molecular flexibility index (Phi) is 5.60. The molecule has 0 radical (unpaired) electrons. The number of quaternary nitrogens is 1. The molecule has 0 aliphatic carbocycles. The Morgan fingerprint density at radius 2 is 2.05 bits per heavy atom. The zero-order valence-electron chi connectivity index (χ0n) is 10.7. The van der Waals surface area contributed by atoms with Crippen LogP contribution in [0.3, 0.4) is 0 Å². The van der Waals surface area contributed by atoms with Gasteiger partial charge >= 0.3 is 6.03 Å². The molecule has 7 heteroatoms. The van der Waals surface area contributed by atoms with E-state index in [1.165, 1.54) is 0 Å². The molecule has 104 valence electrons. The lowest BCUT2D eigenvalue weighted by atomic mass is 10.2. The Balaban J connectivity index is 2.70. The number of hydrogen-bond acceptors (Lipinski definition) is 2. The van der Waals surface area contributed by atoms with Crippen LogP contribution in [0.25, 0.3) is 0 Å². The smallest absolute Gasteiger partial charge is 0.319 e. The first kappa shape index (κ1) is 15.8. The number of hydrogen-bond donors (Lipinski definition) is 3. The molecule has 1 aromatic rings. The van der Waals surface area contributed by atoms with E-state index >= 15 is 0 Å². The van der Waals surface area contributed by atoms with Crippen LogP contribution in [0.2, 0.25) is 10.0 Å². The average Bonchev–Trinajstić information content (AvgIpc) is 2.30. The normalized spacial score (nSPS) is 13.7. The van der Waals surface area contributed by atoms with Crippen molar-refractivity contribution in [3.8, 4) is 0 Å². The molecule has 2 atom stereocenters. The van der Waals surface area contributed by atoms with Crippen molar-refractivity contribution < 1.29 is 14.5 Å². The second-order valence-corrected chi connectivity index (χ2v) is 5.18. The van der Waals surface area contributed by atoms with Gasteiger partial charge in [-0.15, -0.1) is 0 Å². The van der Waals surface area contributed by atoms with Gasteiger partial charge < -0.3 is 10.6 Å². The maximum atomic E-state index is 11.6. The van der Waals surface area contributed by atoms with Gasteiger partial charge in [-0.05, 0) is 19.1 Å². The van der Waals surface area contributed by atoms with Crippen LogP contribution in [-0.4, -0.2) is 25.0 Å². The van der Waals surface area contributed by atoms with Gasteiger partial charge in [0.15, 0.2) is 6.04 Å². The van der Waals surface area contributed by atoms with E-state index in [9.17, 15) is 9.59 Å². The Hall–Kier alpha value is -1.30. The summed E-state index contributed by atoms with van der Waals surface area (Å²) in [6.45, 7) is 2.24. The molecule has 0 aromatic heterocycles. The molecule has 0 saturated heterocycles. The zero-order valence-corrected chi connectivity index (χ0v) is 12.2. The second kappa shape index (κ2) is 6.75. The number of primary amides is 1. The van der Waals surface area contributed by atoms with Crippen molar-refractivity contribution in [1.29, 1.82) is 0 Å².